The second kappa shape index (κ2) is 6.74. The largest absolute Gasteiger partial charge is 0.497 e. The van der Waals surface area contributed by atoms with Crippen molar-refractivity contribution in [3.63, 3.8) is 0 Å². The number of ether oxygens (including phenoxy) is 1. The second-order valence-electron chi connectivity index (χ2n) is 5.82. The Morgan fingerprint density at radius 3 is 3.04 bits per heavy atom. The molecule has 0 spiro atoms. The first-order valence-electron chi connectivity index (χ1n) is 7.78. The molecule has 1 aliphatic rings. The van der Waals surface area contributed by atoms with Crippen molar-refractivity contribution in [2.45, 2.75) is 31.7 Å². The molecule has 1 atom stereocenters. The SMILES string of the molecule is COc1ccc2c(c1)C(C(=O)Nc1cnn(CC(=O)O)c1)CCC2. The van der Waals surface area contributed by atoms with E-state index < -0.39 is 5.97 Å². The monoisotopic (exact) mass is 329 g/mol. The number of aliphatic carboxylic acids is 1. The Bertz CT molecular complexity index is 769. The fourth-order valence-corrected chi connectivity index (χ4v) is 3.06. The zero-order valence-electron chi connectivity index (χ0n) is 13.4. The van der Waals surface area contributed by atoms with E-state index in [0.717, 1.165) is 30.6 Å². The summed E-state index contributed by atoms with van der Waals surface area (Å²) in [6, 6.07) is 5.85. The minimum Gasteiger partial charge on any atom is -0.497 e. The highest BCUT2D eigenvalue weighted by Crippen LogP contribution is 2.34. The highest BCUT2D eigenvalue weighted by Gasteiger charge is 2.27. The van der Waals surface area contributed by atoms with Crippen molar-refractivity contribution < 1.29 is 19.4 Å². The van der Waals surface area contributed by atoms with Crippen LogP contribution in [0.1, 0.15) is 29.9 Å². The molecule has 0 saturated heterocycles. The third kappa shape index (κ3) is 3.40. The van der Waals surface area contributed by atoms with E-state index >= 15 is 0 Å². The van der Waals surface area contributed by atoms with Crippen LogP contribution >= 0.6 is 0 Å². The van der Waals surface area contributed by atoms with Crippen LogP contribution in [0.25, 0.3) is 0 Å². The quantitative estimate of drug-likeness (QED) is 0.875. The number of hydrogen-bond donors (Lipinski definition) is 2. The number of methoxy groups -OCH3 is 1. The van der Waals surface area contributed by atoms with Gasteiger partial charge in [-0.25, -0.2) is 0 Å². The van der Waals surface area contributed by atoms with Gasteiger partial charge in [-0.1, -0.05) is 6.07 Å². The van der Waals surface area contributed by atoms with E-state index in [1.807, 2.05) is 18.2 Å². The van der Waals surface area contributed by atoms with Gasteiger partial charge in [-0.3, -0.25) is 14.3 Å². The van der Waals surface area contributed by atoms with Crippen LogP contribution in [0.5, 0.6) is 5.75 Å². The predicted octanol–water partition coefficient (Wildman–Crippen LogP) is 2.03. The van der Waals surface area contributed by atoms with E-state index in [2.05, 4.69) is 10.4 Å². The molecule has 0 fully saturated rings. The summed E-state index contributed by atoms with van der Waals surface area (Å²) in [5.41, 5.74) is 2.66. The summed E-state index contributed by atoms with van der Waals surface area (Å²) in [6.07, 6.45) is 5.65. The number of aromatic nitrogens is 2. The van der Waals surface area contributed by atoms with Crippen molar-refractivity contribution in [3.8, 4) is 5.75 Å². The number of benzene rings is 1. The van der Waals surface area contributed by atoms with Crippen LogP contribution in [-0.2, 0) is 22.6 Å². The minimum absolute atomic E-state index is 0.112. The number of amides is 1. The van der Waals surface area contributed by atoms with E-state index in [0.29, 0.717) is 5.69 Å². The van der Waals surface area contributed by atoms with Crippen molar-refractivity contribution >= 4 is 17.6 Å². The lowest BCUT2D eigenvalue weighted by molar-refractivity contribution is -0.137. The molecular formula is C17H19N3O4. The van der Waals surface area contributed by atoms with Gasteiger partial charge >= 0.3 is 5.97 Å². The van der Waals surface area contributed by atoms with Crippen molar-refractivity contribution in [1.82, 2.24) is 9.78 Å². The van der Waals surface area contributed by atoms with Gasteiger partial charge in [0.2, 0.25) is 5.91 Å². The highest BCUT2D eigenvalue weighted by molar-refractivity contribution is 5.96. The maximum atomic E-state index is 12.7. The molecule has 0 radical (unpaired) electrons. The second-order valence-corrected chi connectivity index (χ2v) is 5.82. The number of carboxylic acids is 1. The van der Waals surface area contributed by atoms with Gasteiger partial charge < -0.3 is 15.2 Å². The molecule has 1 aromatic carbocycles. The zero-order chi connectivity index (χ0) is 17.1. The van der Waals surface area contributed by atoms with Gasteiger partial charge in [-0.15, -0.1) is 0 Å². The van der Waals surface area contributed by atoms with E-state index in [4.69, 9.17) is 9.84 Å². The Kier molecular flexibility index (Phi) is 4.50. The summed E-state index contributed by atoms with van der Waals surface area (Å²) < 4.78 is 6.54. The summed E-state index contributed by atoms with van der Waals surface area (Å²) in [5.74, 6) is -0.599. The van der Waals surface area contributed by atoms with Crippen LogP contribution in [0.15, 0.2) is 30.6 Å². The summed E-state index contributed by atoms with van der Waals surface area (Å²) in [7, 11) is 1.61. The molecule has 1 heterocycles. The molecule has 1 unspecified atom stereocenters. The number of carboxylic acid groups (broad SMARTS) is 1. The third-order valence-corrected chi connectivity index (χ3v) is 4.18. The maximum absolute atomic E-state index is 12.7. The number of nitrogens with one attached hydrogen (secondary N) is 1. The lowest BCUT2D eigenvalue weighted by Crippen LogP contribution is -2.24. The molecule has 24 heavy (non-hydrogen) atoms. The van der Waals surface area contributed by atoms with Gasteiger partial charge in [0.15, 0.2) is 0 Å². The van der Waals surface area contributed by atoms with Gasteiger partial charge in [0.05, 0.1) is 24.9 Å². The highest BCUT2D eigenvalue weighted by atomic mass is 16.5. The Morgan fingerprint density at radius 1 is 1.46 bits per heavy atom. The fourth-order valence-electron chi connectivity index (χ4n) is 3.06. The first kappa shape index (κ1) is 16.0. The number of rotatable bonds is 5. The van der Waals surface area contributed by atoms with Gasteiger partial charge in [-0.2, -0.15) is 5.10 Å². The summed E-state index contributed by atoms with van der Waals surface area (Å²) >= 11 is 0. The molecule has 3 rings (SSSR count). The Hall–Kier alpha value is -2.83. The molecule has 0 aliphatic heterocycles. The van der Waals surface area contributed by atoms with Crippen molar-refractivity contribution in [3.05, 3.63) is 41.7 Å². The van der Waals surface area contributed by atoms with Crippen molar-refractivity contribution in [1.29, 1.82) is 0 Å². The molecule has 0 bridgehead atoms. The van der Waals surface area contributed by atoms with E-state index in [9.17, 15) is 9.59 Å². The lowest BCUT2D eigenvalue weighted by Gasteiger charge is -2.25. The van der Waals surface area contributed by atoms with E-state index in [1.54, 1.807) is 7.11 Å². The number of carbonyl (C=O) groups is 2. The zero-order valence-corrected chi connectivity index (χ0v) is 13.4. The number of anilines is 1. The van der Waals surface area contributed by atoms with Crippen LogP contribution in [0.4, 0.5) is 5.69 Å². The van der Waals surface area contributed by atoms with Crippen LogP contribution in [-0.4, -0.2) is 33.9 Å². The molecule has 1 aromatic heterocycles. The fraction of sp³-hybridized carbons (Fsp3) is 0.353. The minimum atomic E-state index is -0.982. The number of hydrogen-bond acceptors (Lipinski definition) is 4. The molecule has 0 saturated carbocycles. The lowest BCUT2D eigenvalue weighted by atomic mass is 9.82. The average molecular weight is 329 g/mol. The topological polar surface area (TPSA) is 93.5 Å². The number of carbonyl (C=O) groups excluding carboxylic acids is 1. The summed E-state index contributed by atoms with van der Waals surface area (Å²) in [4.78, 5) is 23.3. The Labute approximate surface area is 139 Å². The number of aryl methyl sites for hydroxylation is 1. The molecule has 2 aromatic rings. The van der Waals surface area contributed by atoms with Crippen LogP contribution in [0.2, 0.25) is 0 Å². The molecule has 7 heteroatoms. The third-order valence-electron chi connectivity index (χ3n) is 4.18. The van der Waals surface area contributed by atoms with Crippen LogP contribution < -0.4 is 10.1 Å². The van der Waals surface area contributed by atoms with Crippen LogP contribution in [0.3, 0.4) is 0 Å². The van der Waals surface area contributed by atoms with E-state index in [-0.39, 0.29) is 18.4 Å². The van der Waals surface area contributed by atoms with Gasteiger partial charge in [0, 0.05) is 6.20 Å². The molecule has 7 nitrogen and oxygen atoms in total. The van der Waals surface area contributed by atoms with Crippen molar-refractivity contribution in [2.24, 2.45) is 0 Å². The Morgan fingerprint density at radius 2 is 2.29 bits per heavy atom. The molecule has 2 N–H and O–H groups in total. The summed E-state index contributed by atoms with van der Waals surface area (Å²) in [5, 5.41) is 15.5. The molecule has 1 amide bonds. The number of nitrogens with zero attached hydrogens (tertiary/aromatic N) is 2. The first-order valence-corrected chi connectivity index (χ1v) is 7.78. The summed E-state index contributed by atoms with van der Waals surface area (Å²) in [6.45, 7) is -0.237. The number of fused-ring (bicyclic) bond motifs is 1. The van der Waals surface area contributed by atoms with Gasteiger partial charge in [-0.05, 0) is 42.5 Å². The molecule has 1 aliphatic carbocycles. The molecular weight excluding hydrogens is 310 g/mol. The average Bonchev–Trinajstić information content (AvgIpc) is 2.99. The van der Waals surface area contributed by atoms with E-state index in [1.165, 1.54) is 22.6 Å². The Balaban J connectivity index is 1.76. The van der Waals surface area contributed by atoms with Gasteiger partial charge in [0.1, 0.15) is 12.3 Å². The normalized spacial score (nSPS) is 16.3. The standard InChI is InChI=1S/C17H19N3O4/c1-24-13-6-5-11-3-2-4-14(15(11)7-13)17(23)19-12-8-18-20(9-12)10-16(21)22/h5-9,14H,2-4,10H2,1H3,(H,19,23)(H,21,22). The first-order chi connectivity index (χ1) is 11.6. The van der Waals surface area contributed by atoms with Crippen LogP contribution in [0, 0.1) is 0 Å². The predicted molar refractivity (Wildman–Crippen MR) is 87.2 cm³/mol. The van der Waals surface area contributed by atoms with Gasteiger partial charge in [0.25, 0.3) is 0 Å². The smallest absolute Gasteiger partial charge is 0.325 e. The molecule has 126 valence electrons. The maximum Gasteiger partial charge on any atom is 0.325 e. The van der Waals surface area contributed by atoms with Crippen molar-refractivity contribution in [2.75, 3.05) is 12.4 Å².